The monoisotopic (exact) mass is 287 g/mol. The molecule has 3 aromatic rings. The van der Waals surface area contributed by atoms with E-state index < -0.39 is 0 Å². The molecule has 0 unspecified atom stereocenters. The minimum absolute atomic E-state index is 0.102. The smallest absolute Gasteiger partial charge is 0.233 e. The summed E-state index contributed by atoms with van der Waals surface area (Å²) >= 11 is 3.67. The van der Waals surface area contributed by atoms with Gasteiger partial charge in [0, 0.05) is 18.6 Å². The molecule has 0 radical (unpaired) electrons. The number of rotatable bonds is 2. The second kappa shape index (κ2) is 4.30. The number of imidazole rings is 1. The van der Waals surface area contributed by atoms with Crippen LogP contribution in [0, 0.1) is 0 Å². The van der Waals surface area contributed by atoms with E-state index in [0.29, 0.717) is 0 Å². The van der Waals surface area contributed by atoms with E-state index in [1.165, 1.54) is 5.56 Å². The van der Waals surface area contributed by atoms with Gasteiger partial charge in [-0.05, 0) is 11.6 Å². The lowest BCUT2D eigenvalue weighted by Crippen LogP contribution is -1.92. The van der Waals surface area contributed by atoms with Crippen molar-refractivity contribution in [3.05, 3.63) is 66.2 Å². The first kappa shape index (κ1) is 10.5. The van der Waals surface area contributed by atoms with Gasteiger partial charge in [-0.1, -0.05) is 46.3 Å². The number of nitrogens with zero attached hydrogens (tertiary/aromatic N) is 3. The van der Waals surface area contributed by atoms with Crippen LogP contribution in [0.5, 0.6) is 0 Å². The molecule has 1 aromatic carbocycles. The molecule has 1 atom stereocenters. The molecular formula is C13H10BrN3. The Kier molecular flexibility index (Phi) is 2.65. The molecule has 0 spiro atoms. The van der Waals surface area contributed by atoms with Crippen LogP contribution < -0.4 is 0 Å². The van der Waals surface area contributed by atoms with Crippen molar-refractivity contribution in [1.29, 1.82) is 0 Å². The van der Waals surface area contributed by atoms with Gasteiger partial charge in [0.05, 0.1) is 10.5 Å². The van der Waals surface area contributed by atoms with E-state index in [4.69, 9.17) is 0 Å². The Morgan fingerprint density at radius 3 is 2.71 bits per heavy atom. The zero-order valence-electron chi connectivity index (χ0n) is 8.99. The van der Waals surface area contributed by atoms with Gasteiger partial charge in [0.1, 0.15) is 0 Å². The number of fused-ring (bicyclic) bond motifs is 1. The molecule has 0 fully saturated rings. The Hall–Kier alpha value is -1.68. The Balaban J connectivity index is 2.04. The second-order valence-electron chi connectivity index (χ2n) is 3.77. The zero-order valence-corrected chi connectivity index (χ0v) is 10.6. The standard InChI is InChI=1S/C13H10BrN3/c14-12(10-5-2-1-3-6-10)11-9-17-8-4-7-15-13(17)16-11/h1-9,12H/t12-/m0/s1. The van der Waals surface area contributed by atoms with E-state index in [1.807, 2.05) is 41.1 Å². The Morgan fingerprint density at radius 1 is 1.12 bits per heavy atom. The highest BCUT2D eigenvalue weighted by atomic mass is 79.9. The molecule has 2 heterocycles. The lowest BCUT2D eigenvalue weighted by Gasteiger charge is -2.05. The van der Waals surface area contributed by atoms with E-state index in [0.717, 1.165) is 11.5 Å². The van der Waals surface area contributed by atoms with Crippen molar-refractivity contribution < 1.29 is 0 Å². The predicted molar refractivity (Wildman–Crippen MR) is 70.2 cm³/mol. The van der Waals surface area contributed by atoms with Crippen LogP contribution in [0.2, 0.25) is 0 Å². The van der Waals surface area contributed by atoms with Crippen molar-refractivity contribution in [2.24, 2.45) is 0 Å². The largest absolute Gasteiger partial charge is 0.291 e. The second-order valence-corrected chi connectivity index (χ2v) is 4.68. The molecule has 0 saturated carbocycles. The average molecular weight is 288 g/mol. The molecule has 0 N–H and O–H groups in total. The molecule has 17 heavy (non-hydrogen) atoms. The van der Waals surface area contributed by atoms with Crippen LogP contribution in [-0.4, -0.2) is 14.4 Å². The van der Waals surface area contributed by atoms with Gasteiger partial charge in [-0.2, -0.15) is 0 Å². The first-order valence-corrected chi connectivity index (χ1v) is 6.25. The normalized spacial score (nSPS) is 12.8. The molecule has 84 valence electrons. The van der Waals surface area contributed by atoms with Crippen LogP contribution in [0.15, 0.2) is 55.0 Å². The first-order valence-electron chi connectivity index (χ1n) is 5.33. The lowest BCUT2D eigenvalue weighted by molar-refractivity contribution is 1.10. The fourth-order valence-corrected chi connectivity index (χ4v) is 2.29. The van der Waals surface area contributed by atoms with E-state index in [9.17, 15) is 0 Å². The van der Waals surface area contributed by atoms with Gasteiger partial charge in [-0.25, -0.2) is 9.97 Å². The van der Waals surface area contributed by atoms with Gasteiger partial charge in [0.2, 0.25) is 5.78 Å². The van der Waals surface area contributed by atoms with Crippen LogP contribution in [0.1, 0.15) is 16.1 Å². The van der Waals surface area contributed by atoms with Crippen molar-refractivity contribution in [2.75, 3.05) is 0 Å². The van der Waals surface area contributed by atoms with Crippen molar-refractivity contribution in [2.45, 2.75) is 4.83 Å². The number of halogens is 1. The summed E-state index contributed by atoms with van der Waals surface area (Å²) in [6.07, 6.45) is 5.69. The Labute approximate surface area is 107 Å². The number of benzene rings is 1. The van der Waals surface area contributed by atoms with Crippen LogP contribution in [0.4, 0.5) is 0 Å². The molecule has 0 aliphatic rings. The highest BCUT2D eigenvalue weighted by Gasteiger charge is 2.13. The number of alkyl halides is 1. The quantitative estimate of drug-likeness (QED) is 0.678. The SMILES string of the molecule is Br[C@@H](c1ccccc1)c1cn2cccnc2n1. The van der Waals surface area contributed by atoms with Crippen molar-refractivity contribution in [3.63, 3.8) is 0 Å². The molecular weight excluding hydrogens is 278 g/mol. The first-order chi connectivity index (χ1) is 8.34. The Morgan fingerprint density at radius 2 is 1.94 bits per heavy atom. The summed E-state index contributed by atoms with van der Waals surface area (Å²) < 4.78 is 1.92. The maximum Gasteiger partial charge on any atom is 0.233 e. The summed E-state index contributed by atoms with van der Waals surface area (Å²) in [5.41, 5.74) is 2.16. The molecule has 2 aromatic heterocycles. The summed E-state index contributed by atoms with van der Waals surface area (Å²) in [6.45, 7) is 0. The van der Waals surface area contributed by atoms with Gasteiger partial charge in [-0.15, -0.1) is 0 Å². The third-order valence-corrected chi connectivity index (χ3v) is 3.60. The third-order valence-electron chi connectivity index (χ3n) is 2.61. The van der Waals surface area contributed by atoms with Crippen molar-refractivity contribution in [1.82, 2.24) is 14.4 Å². The van der Waals surface area contributed by atoms with Crippen LogP contribution in [0.25, 0.3) is 5.78 Å². The van der Waals surface area contributed by atoms with Gasteiger partial charge in [-0.3, -0.25) is 4.40 Å². The zero-order chi connectivity index (χ0) is 11.7. The van der Waals surface area contributed by atoms with Crippen LogP contribution >= 0.6 is 15.9 Å². The third kappa shape index (κ3) is 1.96. The summed E-state index contributed by atoms with van der Waals surface area (Å²) in [5.74, 6) is 0.725. The van der Waals surface area contributed by atoms with Crippen molar-refractivity contribution >= 4 is 21.7 Å². The minimum atomic E-state index is 0.102. The molecule has 4 heteroatoms. The van der Waals surface area contributed by atoms with E-state index in [-0.39, 0.29) is 4.83 Å². The fraction of sp³-hybridized carbons (Fsp3) is 0.0769. The van der Waals surface area contributed by atoms with E-state index in [1.54, 1.807) is 6.20 Å². The molecule has 3 rings (SSSR count). The van der Waals surface area contributed by atoms with Gasteiger partial charge < -0.3 is 0 Å². The maximum absolute atomic E-state index is 4.49. The van der Waals surface area contributed by atoms with Crippen molar-refractivity contribution in [3.8, 4) is 0 Å². The van der Waals surface area contributed by atoms with Gasteiger partial charge >= 0.3 is 0 Å². The summed E-state index contributed by atoms with van der Waals surface area (Å²) in [6, 6.07) is 12.1. The lowest BCUT2D eigenvalue weighted by atomic mass is 10.1. The number of hydrogen-bond donors (Lipinski definition) is 0. The molecule has 0 bridgehead atoms. The highest BCUT2D eigenvalue weighted by molar-refractivity contribution is 9.09. The molecule has 0 amide bonds. The summed E-state index contributed by atoms with van der Waals surface area (Å²) in [4.78, 5) is 8.81. The molecule has 0 aliphatic carbocycles. The minimum Gasteiger partial charge on any atom is -0.291 e. The molecule has 0 aliphatic heterocycles. The molecule has 0 saturated heterocycles. The van der Waals surface area contributed by atoms with Crippen LogP contribution in [-0.2, 0) is 0 Å². The fourth-order valence-electron chi connectivity index (χ4n) is 1.76. The molecule has 3 nitrogen and oxygen atoms in total. The maximum atomic E-state index is 4.49. The van der Waals surface area contributed by atoms with E-state index in [2.05, 4.69) is 38.0 Å². The summed E-state index contributed by atoms with van der Waals surface area (Å²) in [5, 5.41) is 0. The number of hydrogen-bond acceptors (Lipinski definition) is 2. The van der Waals surface area contributed by atoms with Gasteiger partial charge in [0.25, 0.3) is 0 Å². The number of aromatic nitrogens is 3. The van der Waals surface area contributed by atoms with E-state index >= 15 is 0 Å². The Bertz CT molecular complexity index is 600. The average Bonchev–Trinajstić information content (AvgIpc) is 2.82. The topological polar surface area (TPSA) is 30.2 Å². The summed E-state index contributed by atoms with van der Waals surface area (Å²) in [7, 11) is 0. The predicted octanol–water partition coefficient (Wildman–Crippen LogP) is 3.21. The highest BCUT2D eigenvalue weighted by Crippen LogP contribution is 2.29. The van der Waals surface area contributed by atoms with Crippen LogP contribution in [0.3, 0.4) is 0 Å². The van der Waals surface area contributed by atoms with Gasteiger partial charge in [0.15, 0.2) is 0 Å².